The van der Waals surface area contributed by atoms with Gasteiger partial charge in [-0.1, -0.05) is 19.4 Å². The number of hydrogen-bond acceptors (Lipinski definition) is 8. The third kappa shape index (κ3) is 4.76. The Morgan fingerprint density at radius 2 is 2.09 bits per heavy atom. The Bertz CT molecular complexity index is 1170. The van der Waals surface area contributed by atoms with E-state index in [1.165, 1.54) is 12.7 Å². The first-order valence-electron chi connectivity index (χ1n) is 12.0. The molecule has 180 valence electrons. The summed E-state index contributed by atoms with van der Waals surface area (Å²) in [5.74, 6) is 1.16. The largest absolute Gasteiger partial charge is 0.478 e. The van der Waals surface area contributed by atoms with Gasteiger partial charge in [0.2, 0.25) is 5.88 Å². The number of unbranched alkanes of at least 4 members (excludes halogenated alkanes) is 1. The number of hydrogen-bond donors (Lipinski definition) is 0. The lowest BCUT2D eigenvalue weighted by Gasteiger charge is -2.30. The predicted octanol–water partition coefficient (Wildman–Crippen LogP) is 3.14. The molecule has 0 N–H and O–H groups in total. The second kappa shape index (κ2) is 10.1. The number of carbonyl (C=O) groups is 1. The number of imidazole rings is 1. The Morgan fingerprint density at radius 3 is 2.85 bits per heavy atom. The van der Waals surface area contributed by atoms with Gasteiger partial charge in [-0.15, -0.1) is 0 Å². The molecule has 0 unspecified atom stereocenters. The molecule has 1 saturated heterocycles. The summed E-state index contributed by atoms with van der Waals surface area (Å²) in [7, 11) is 1.36. The molecule has 34 heavy (non-hydrogen) atoms. The van der Waals surface area contributed by atoms with Gasteiger partial charge >= 0.3 is 5.97 Å². The number of esters is 1. The highest BCUT2D eigenvalue weighted by Gasteiger charge is 2.25. The van der Waals surface area contributed by atoms with Gasteiger partial charge in [0.25, 0.3) is 0 Å². The molecule has 2 aliphatic rings. The number of carbonyl (C=O) groups excluding carboxylic acids is 1. The number of rotatable bonds is 9. The molecule has 0 saturated carbocycles. The Kier molecular flexibility index (Phi) is 6.73. The molecule has 3 aromatic heterocycles. The fourth-order valence-corrected chi connectivity index (χ4v) is 4.39. The summed E-state index contributed by atoms with van der Waals surface area (Å²) in [6.45, 7) is 6.63. The zero-order chi connectivity index (χ0) is 23.5. The first-order valence-corrected chi connectivity index (χ1v) is 12.0. The highest BCUT2D eigenvalue weighted by Crippen LogP contribution is 2.25. The molecule has 0 amide bonds. The second-order valence-corrected chi connectivity index (χ2v) is 8.87. The predicted molar refractivity (Wildman–Crippen MR) is 126 cm³/mol. The molecule has 9 heteroatoms. The van der Waals surface area contributed by atoms with Crippen LogP contribution in [0.4, 0.5) is 0 Å². The van der Waals surface area contributed by atoms with Crippen molar-refractivity contribution in [3.05, 3.63) is 47.0 Å². The summed E-state index contributed by atoms with van der Waals surface area (Å²) in [4.78, 5) is 28.6. The van der Waals surface area contributed by atoms with E-state index in [9.17, 15) is 4.79 Å². The molecule has 5 heterocycles. The van der Waals surface area contributed by atoms with Gasteiger partial charge in [-0.25, -0.2) is 19.7 Å². The molecule has 5 rings (SSSR count). The van der Waals surface area contributed by atoms with Gasteiger partial charge < -0.3 is 18.8 Å². The van der Waals surface area contributed by atoms with Gasteiger partial charge in [-0.2, -0.15) is 0 Å². The smallest absolute Gasteiger partial charge is 0.356 e. The third-order valence-electron chi connectivity index (χ3n) is 6.47. The Labute approximate surface area is 199 Å². The number of pyridine rings is 2. The summed E-state index contributed by atoms with van der Waals surface area (Å²) >= 11 is 0. The monoisotopic (exact) mass is 465 g/mol. The van der Waals surface area contributed by atoms with Crippen molar-refractivity contribution in [2.75, 3.05) is 26.9 Å². The molecule has 1 fully saturated rings. The zero-order valence-electron chi connectivity index (χ0n) is 19.8. The van der Waals surface area contributed by atoms with Crippen molar-refractivity contribution >= 4 is 17.1 Å². The fraction of sp³-hybridized carbons (Fsp3) is 0.520. The summed E-state index contributed by atoms with van der Waals surface area (Å²) in [5, 5.41) is 0. The highest BCUT2D eigenvalue weighted by atomic mass is 16.5. The fourth-order valence-electron chi connectivity index (χ4n) is 4.39. The molecular formula is C25H31N5O4. The van der Waals surface area contributed by atoms with Crippen molar-refractivity contribution in [2.24, 2.45) is 0 Å². The molecular weight excluding hydrogens is 434 g/mol. The van der Waals surface area contributed by atoms with Crippen molar-refractivity contribution in [3.63, 3.8) is 0 Å². The topological polar surface area (TPSA) is 91.6 Å². The van der Waals surface area contributed by atoms with Crippen LogP contribution in [0.25, 0.3) is 11.2 Å². The first-order chi connectivity index (χ1) is 16.6. The Balaban J connectivity index is 1.38. The van der Waals surface area contributed by atoms with Gasteiger partial charge in [-0.3, -0.25) is 4.90 Å². The van der Waals surface area contributed by atoms with Crippen molar-refractivity contribution in [3.8, 4) is 5.88 Å². The van der Waals surface area contributed by atoms with Crippen LogP contribution < -0.4 is 4.74 Å². The van der Waals surface area contributed by atoms with Crippen molar-refractivity contribution < 1.29 is 19.0 Å². The van der Waals surface area contributed by atoms with Crippen LogP contribution in [0, 0.1) is 0 Å². The lowest BCUT2D eigenvalue weighted by Crippen LogP contribution is -2.34. The van der Waals surface area contributed by atoms with E-state index in [1.807, 2.05) is 12.1 Å². The van der Waals surface area contributed by atoms with E-state index < -0.39 is 5.97 Å². The molecule has 1 atom stereocenters. The van der Waals surface area contributed by atoms with Crippen LogP contribution >= 0.6 is 0 Å². The SMILES string of the molecule is CCCCOc1ccc2c(n1)CN(Cc1nc3ccc(C(=O)OC)nc3n1C[C@@H]1CCO1)CC2. The summed E-state index contributed by atoms with van der Waals surface area (Å²) in [6.07, 6.45) is 4.22. The van der Waals surface area contributed by atoms with Gasteiger partial charge in [0.1, 0.15) is 11.3 Å². The van der Waals surface area contributed by atoms with Crippen LogP contribution in [0.2, 0.25) is 0 Å². The van der Waals surface area contributed by atoms with Crippen molar-refractivity contribution in [1.29, 1.82) is 0 Å². The van der Waals surface area contributed by atoms with Gasteiger partial charge in [-0.05, 0) is 37.0 Å². The summed E-state index contributed by atoms with van der Waals surface area (Å²) < 4.78 is 18.5. The van der Waals surface area contributed by atoms with E-state index in [1.54, 1.807) is 6.07 Å². The maximum absolute atomic E-state index is 12.0. The maximum atomic E-state index is 12.0. The van der Waals surface area contributed by atoms with Crippen LogP contribution in [0.15, 0.2) is 24.3 Å². The molecule has 0 aliphatic carbocycles. The van der Waals surface area contributed by atoms with Crippen LogP contribution in [0.1, 0.15) is 53.8 Å². The van der Waals surface area contributed by atoms with Crippen LogP contribution in [0.5, 0.6) is 5.88 Å². The van der Waals surface area contributed by atoms with Crippen molar-refractivity contribution in [1.82, 2.24) is 24.4 Å². The highest BCUT2D eigenvalue weighted by molar-refractivity contribution is 5.89. The molecule has 3 aromatic rings. The standard InChI is InChI=1S/C25H31N5O4/c1-3-4-12-34-23-8-5-17-9-11-29(15-21(17)27-23)16-22-26-19-6-7-20(25(31)32-2)28-24(19)30(22)14-18-10-13-33-18/h5-8,18H,3-4,9-16H2,1-2H3/t18-/m0/s1. The Hall–Kier alpha value is -3.04. The number of fused-ring (bicyclic) bond motifs is 2. The molecule has 9 nitrogen and oxygen atoms in total. The first kappa shape index (κ1) is 22.7. The summed E-state index contributed by atoms with van der Waals surface area (Å²) in [6, 6.07) is 7.62. The number of ether oxygens (including phenoxy) is 3. The average Bonchev–Trinajstić information content (AvgIpc) is 3.16. The average molecular weight is 466 g/mol. The Morgan fingerprint density at radius 1 is 1.21 bits per heavy atom. The normalized spacial score (nSPS) is 17.9. The van der Waals surface area contributed by atoms with Crippen LogP contribution in [-0.4, -0.2) is 63.4 Å². The molecule has 0 spiro atoms. The lowest BCUT2D eigenvalue weighted by atomic mass is 10.1. The van der Waals surface area contributed by atoms with Crippen molar-refractivity contribution in [2.45, 2.75) is 58.3 Å². The van der Waals surface area contributed by atoms with E-state index in [0.29, 0.717) is 31.2 Å². The summed E-state index contributed by atoms with van der Waals surface area (Å²) in [5.41, 5.74) is 4.08. The van der Waals surface area contributed by atoms with Gasteiger partial charge in [0, 0.05) is 25.8 Å². The van der Waals surface area contributed by atoms with Gasteiger partial charge in [0.15, 0.2) is 11.3 Å². The minimum atomic E-state index is -0.452. The van der Waals surface area contributed by atoms with Crippen LogP contribution in [-0.2, 0) is 35.5 Å². The molecule has 0 aromatic carbocycles. The minimum absolute atomic E-state index is 0.145. The molecule has 2 aliphatic heterocycles. The number of aromatic nitrogens is 4. The maximum Gasteiger partial charge on any atom is 0.356 e. The van der Waals surface area contributed by atoms with E-state index in [2.05, 4.69) is 27.4 Å². The van der Waals surface area contributed by atoms with Gasteiger partial charge in [0.05, 0.1) is 38.6 Å². The zero-order valence-corrected chi connectivity index (χ0v) is 19.8. The van der Waals surface area contributed by atoms with E-state index >= 15 is 0 Å². The number of methoxy groups -OCH3 is 1. The quantitative estimate of drug-likeness (QED) is 0.352. The van der Waals surface area contributed by atoms with Crippen LogP contribution in [0.3, 0.4) is 0 Å². The lowest BCUT2D eigenvalue weighted by molar-refractivity contribution is -0.0592. The molecule has 0 radical (unpaired) electrons. The van der Waals surface area contributed by atoms with E-state index in [-0.39, 0.29) is 11.8 Å². The van der Waals surface area contributed by atoms with E-state index in [4.69, 9.17) is 24.2 Å². The third-order valence-corrected chi connectivity index (χ3v) is 6.47. The number of nitrogens with zero attached hydrogens (tertiary/aromatic N) is 5. The van der Waals surface area contributed by atoms with E-state index in [0.717, 1.165) is 62.4 Å². The minimum Gasteiger partial charge on any atom is -0.478 e. The second-order valence-electron chi connectivity index (χ2n) is 8.87. The molecule has 0 bridgehead atoms.